The zero-order valence-electron chi connectivity index (χ0n) is 14.0. The van der Waals surface area contributed by atoms with Crippen LogP contribution in [0, 0.1) is 5.92 Å². The molecule has 0 aromatic rings. The van der Waals surface area contributed by atoms with Gasteiger partial charge in [-0.25, -0.2) is 0 Å². The molecule has 0 aliphatic heterocycles. The van der Waals surface area contributed by atoms with Crippen LogP contribution in [0.3, 0.4) is 0 Å². The van der Waals surface area contributed by atoms with Crippen molar-refractivity contribution in [2.24, 2.45) is 5.92 Å². The third-order valence-electron chi connectivity index (χ3n) is 3.95. The van der Waals surface area contributed by atoms with E-state index >= 15 is 0 Å². The Morgan fingerprint density at radius 3 is 2.10 bits per heavy atom. The van der Waals surface area contributed by atoms with Crippen molar-refractivity contribution in [1.29, 1.82) is 0 Å². The molecule has 0 aromatic carbocycles. The third kappa shape index (κ3) is 11.0. The van der Waals surface area contributed by atoms with Gasteiger partial charge in [-0.3, -0.25) is 0 Å². The third-order valence-corrected chi connectivity index (χ3v) is 5.84. The van der Waals surface area contributed by atoms with Gasteiger partial charge >= 0.3 is 126 Å². The number of hydrogen-bond acceptors (Lipinski definition) is 3. The zero-order chi connectivity index (χ0) is 15.4. The summed E-state index contributed by atoms with van der Waals surface area (Å²) < 4.78 is 5.58. The van der Waals surface area contributed by atoms with E-state index in [2.05, 4.69) is 20.8 Å². The fourth-order valence-electron chi connectivity index (χ4n) is 2.61. The average molecular weight is 308 g/mol. The molecule has 0 bridgehead atoms. The van der Waals surface area contributed by atoms with Gasteiger partial charge in [0.15, 0.2) is 0 Å². The summed E-state index contributed by atoms with van der Waals surface area (Å²) in [5, 5.41) is 0. The maximum atomic E-state index is 10.2. The normalized spacial score (nSPS) is 16.1. The summed E-state index contributed by atoms with van der Waals surface area (Å²) in [7, 11) is -3.47. The van der Waals surface area contributed by atoms with Gasteiger partial charge in [-0.05, 0) is 0 Å². The number of unbranched alkanes of at least 4 members (excludes halogenated alkanes) is 4. The second kappa shape index (κ2) is 11.9. The summed E-state index contributed by atoms with van der Waals surface area (Å²) in [5.74, 6) is 0.393. The van der Waals surface area contributed by atoms with E-state index in [4.69, 9.17) is 4.52 Å². The Hall–Kier alpha value is 0.310. The molecule has 4 heteroatoms. The molecule has 0 aromatic heterocycles. The minimum absolute atomic E-state index is 0.0304. The van der Waals surface area contributed by atoms with Gasteiger partial charge in [0.05, 0.1) is 0 Å². The van der Waals surface area contributed by atoms with Gasteiger partial charge in [-0.1, -0.05) is 0 Å². The Morgan fingerprint density at radius 2 is 1.55 bits per heavy atom. The predicted molar refractivity (Wildman–Crippen MR) is 90.2 cm³/mol. The molecule has 3 nitrogen and oxygen atoms in total. The van der Waals surface area contributed by atoms with Crippen LogP contribution in [0.15, 0.2) is 0 Å². The van der Waals surface area contributed by atoms with Gasteiger partial charge < -0.3 is 0 Å². The van der Waals surface area contributed by atoms with Crippen molar-refractivity contribution >= 4 is 7.94 Å². The van der Waals surface area contributed by atoms with E-state index in [0.29, 0.717) is 12.1 Å². The van der Waals surface area contributed by atoms with Crippen LogP contribution in [-0.4, -0.2) is 22.1 Å². The SMILES string of the molecule is CCCCCCC(C)O[PH](O)(O)CC(CC)CCCC. The molecule has 0 fully saturated rings. The van der Waals surface area contributed by atoms with Crippen molar-refractivity contribution in [2.75, 3.05) is 6.16 Å². The van der Waals surface area contributed by atoms with Crippen LogP contribution in [-0.2, 0) is 4.52 Å². The van der Waals surface area contributed by atoms with E-state index in [-0.39, 0.29) is 6.10 Å². The predicted octanol–water partition coefficient (Wildman–Crippen LogP) is 5.06. The standard InChI is InChI=1S/C16H37O3P/c1-5-8-10-11-12-15(4)19-20(17,18)14-16(7-3)13-9-6-2/h15-18,20H,5-14H2,1-4H3. The first-order valence-electron chi connectivity index (χ1n) is 8.57. The Morgan fingerprint density at radius 1 is 0.900 bits per heavy atom. The molecule has 0 rings (SSSR count). The van der Waals surface area contributed by atoms with Crippen molar-refractivity contribution in [3.63, 3.8) is 0 Å². The molecule has 2 unspecified atom stereocenters. The molecule has 0 amide bonds. The second-order valence-corrected chi connectivity index (χ2v) is 8.27. The first-order chi connectivity index (χ1) is 9.45. The second-order valence-electron chi connectivity index (χ2n) is 6.14. The molecular weight excluding hydrogens is 271 g/mol. The van der Waals surface area contributed by atoms with E-state index in [1.807, 2.05) is 6.92 Å². The summed E-state index contributed by atoms with van der Waals surface area (Å²) in [6.45, 7) is 8.46. The maximum absolute atomic E-state index is 10.2. The van der Waals surface area contributed by atoms with E-state index < -0.39 is 7.94 Å². The van der Waals surface area contributed by atoms with Crippen molar-refractivity contribution in [3.05, 3.63) is 0 Å². The molecule has 0 aliphatic carbocycles. The van der Waals surface area contributed by atoms with Crippen molar-refractivity contribution in [1.82, 2.24) is 0 Å². The van der Waals surface area contributed by atoms with Crippen LogP contribution in [0.2, 0.25) is 0 Å². The summed E-state index contributed by atoms with van der Waals surface area (Å²) in [4.78, 5) is 20.3. The molecule has 0 aliphatic rings. The summed E-state index contributed by atoms with van der Waals surface area (Å²) in [5.41, 5.74) is 0. The topological polar surface area (TPSA) is 49.7 Å². The van der Waals surface area contributed by atoms with Gasteiger partial charge in [0, 0.05) is 0 Å². The average Bonchev–Trinajstić information content (AvgIpc) is 2.39. The van der Waals surface area contributed by atoms with E-state index in [9.17, 15) is 9.79 Å². The Bertz CT molecular complexity index is 222. The minimum atomic E-state index is -3.47. The van der Waals surface area contributed by atoms with Gasteiger partial charge in [0.1, 0.15) is 0 Å². The Balaban J connectivity index is 4.01. The van der Waals surface area contributed by atoms with E-state index in [1.54, 1.807) is 0 Å². The Labute approximate surface area is 126 Å². The molecule has 0 radical (unpaired) electrons. The zero-order valence-corrected chi connectivity index (χ0v) is 15.0. The molecular formula is C16H37O3P. The number of hydrogen-bond donors (Lipinski definition) is 2. The fraction of sp³-hybridized carbons (Fsp3) is 1.00. The number of rotatable bonds is 13. The fourth-order valence-corrected chi connectivity index (χ4v) is 4.71. The van der Waals surface area contributed by atoms with Crippen molar-refractivity contribution in [3.8, 4) is 0 Å². The van der Waals surface area contributed by atoms with Crippen LogP contribution in [0.25, 0.3) is 0 Å². The molecule has 0 heterocycles. The summed E-state index contributed by atoms with van der Waals surface area (Å²) in [6.07, 6.45) is 10.6. The summed E-state index contributed by atoms with van der Waals surface area (Å²) in [6, 6.07) is 0. The quantitative estimate of drug-likeness (QED) is 0.369. The van der Waals surface area contributed by atoms with Gasteiger partial charge in [0.2, 0.25) is 0 Å². The summed E-state index contributed by atoms with van der Waals surface area (Å²) >= 11 is 0. The first-order valence-corrected chi connectivity index (χ1v) is 10.6. The Kier molecular flexibility index (Phi) is 12.1. The molecule has 0 spiro atoms. The van der Waals surface area contributed by atoms with Crippen LogP contribution in [0.4, 0.5) is 0 Å². The first kappa shape index (κ1) is 20.3. The van der Waals surface area contributed by atoms with Gasteiger partial charge in [0.25, 0.3) is 0 Å². The molecule has 0 saturated carbocycles. The molecule has 124 valence electrons. The van der Waals surface area contributed by atoms with E-state index in [0.717, 1.165) is 38.5 Å². The molecule has 0 saturated heterocycles. The van der Waals surface area contributed by atoms with Gasteiger partial charge in [-0.15, -0.1) is 0 Å². The molecule has 2 atom stereocenters. The van der Waals surface area contributed by atoms with Crippen molar-refractivity contribution in [2.45, 2.75) is 91.6 Å². The monoisotopic (exact) mass is 308 g/mol. The van der Waals surface area contributed by atoms with Gasteiger partial charge in [-0.2, -0.15) is 0 Å². The van der Waals surface area contributed by atoms with Crippen LogP contribution < -0.4 is 0 Å². The van der Waals surface area contributed by atoms with Crippen LogP contribution in [0.5, 0.6) is 0 Å². The molecule has 2 N–H and O–H groups in total. The van der Waals surface area contributed by atoms with Crippen LogP contribution >= 0.6 is 7.94 Å². The van der Waals surface area contributed by atoms with Crippen molar-refractivity contribution < 1.29 is 14.3 Å². The molecule has 20 heavy (non-hydrogen) atoms. The van der Waals surface area contributed by atoms with Crippen LogP contribution in [0.1, 0.15) is 85.5 Å². The van der Waals surface area contributed by atoms with E-state index in [1.165, 1.54) is 19.3 Å².